The van der Waals surface area contributed by atoms with E-state index in [1.54, 1.807) is 0 Å². The Morgan fingerprint density at radius 2 is 2.15 bits per heavy atom. The van der Waals surface area contributed by atoms with Crippen molar-refractivity contribution >= 4 is 0 Å². The zero-order valence-corrected chi connectivity index (χ0v) is 10.7. The quantitative estimate of drug-likeness (QED) is 0.857. The Labute approximate surface area is 115 Å². The van der Waals surface area contributed by atoms with Gasteiger partial charge in [0.2, 0.25) is 5.82 Å². The molecule has 2 atom stereocenters. The fourth-order valence-electron chi connectivity index (χ4n) is 1.94. The van der Waals surface area contributed by atoms with Gasteiger partial charge < -0.3 is 24.8 Å². The second kappa shape index (κ2) is 5.48. The number of nitrogens with zero attached hydrogens (tertiary/aromatic N) is 2. The van der Waals surface area contributed by atoms with Crippen LogP contribution in [0.2, 0.25) is 0 Å². The Morgan fingerprint density at radius 1 is 1.35 bits per heavy atom. The Hall–Kier alpha value is -2.12. The number of fused-ring (bicyclic) bond motifs is 1. The van der Waals surface area contributed by atoms with Crippen molar-refractivity contribution in [1.82, 2.24) is 10.1 Å². The standard InChI is InChI=1S/C13H15N3O4/c14-6-5-8(17)13-15-12(16-20-13)11-7-18-9-3-1-2-4-10(9)19-11/h1-4,8,11,17H,5-7,14H2/t8-,11?/m0/s1. The molecule has 0 bridgehead atoms. The number of benzene rings is 1. The molecule has 0 saturated heterocycles. The van der Waals surface area contributed by atoms with Gasteiger partial charge in [0.1, 0.15) is 12.7 Å². The lowest BCUT2D eigenvalue weighted by Gasteiger charge is -2.24. The Bertz CT molecular complexity index is 587. The van der Waals surface area contributed by atoms with Crippen molar-refractivity contribution in [2.45, 2.75) is 18.6 Å². The maximum absolute atomic E-state index is 9.74. The minimum absolute atomic E-state index is 0.146. The maximum atomic E-state index is 9.74. The van der Waals surface area contributed by atoms with Crippen molar-refractivity contribution in [3.05, 3.63) is 36.0 Å². The first kappa shape index (κ1) is 12.9. The smallest absolute Gasteiger partial charge is 0.255 e. The molecule has 1 unspecified atom stereocenters. The van der Waals surface area contributed by atoms with E-state index < -0.39 is 12.2 Å². The first-order chi connectivity index (χ1) is 9.78. The summed E-state index contributed by atoms with van der Waals surface area (Å²) < 4.78 is 16.4. The number of ether oxygens (including phenoxy) is 2. The number of aromatic nitrogens is 2. The number of aliphatic hydroxyl groups excluding tert-OH is 1. The maximum Gasteiger partial charge on any atom is 0.255 e. The van der Waals surface area contributed by atoms with Gasteiger partial charge in [0, 0.05) is 0 Å². The zero-order valence-electron chi connectivity index (χ0n) is 10.7. The molecule has 1 aliphatic rings. The Morgan fingerprint density at radius 3 is 2.95 bits per heavy atom. The fourth-order valence-corrected chi connectivity index (χ4v) is 1.94. The highest BCUT2D eigenvalue weighted by Crippen LogP contribution is 2.35. The van der Waals surface area contributed by atoms with E-state index in [4.69, 9.17) is 19.7 Å². The van der Waals surface area contributed by atoms with Crippen LogP contribution < -0.4 is 15.2 Å². The summed E-state index contributed by atoms with van der Waals surface area (Å²) in [5.41, 5.74) is 5.37. The summed E-state index contributed by atoms with van der Waals surface area (Å²) in [4.78, 5) is 4.14. The minimum Gasteiger partial charge on any atom is -0.485 e. The van der Waals surface area contributed by atoms with Crippen LogP contribution in [0.25, 0.3) is 0 Å². The van der Waals surface area contributed by atoms with Gasteiger partial charge in [-0.1, -0.05) is 17.3 Å². The Kier molecular flexibility index (Phi) is 3.53. The second-order valence-electron chi connectivity index (χ2n) is 4.45. The van der Waals surface area contributed by atoms with E-state index in [0.717, 1.165) is 0 Å². The van der Waals surface area contributed by atoms with Crippen LogP contribution in [-0.2, 0) is 0 Å². The van der Waals surface area contributed by atoms with Crippen LogP contribution in [0.1, 0.15) is 30.3 Å². The van der Waals surface area contributed by atoms with Gasteiger partial charge >= 0.3 is 0 Å². The van der Waals surface area contributed by atoms with Crippen molar-refractivity contribution < 1.29 is 19.1 Å². The summed E-state index contributed by atoms with van der Waals surface area (Å²) in [5.74, 6) is 1.83. The highest BCUT2D eigenvalue weighted by atomic mass is 16.6. The summed E-state index contributed by atoms with van der Waals surface area (Å²) in [5, 5.41) is 13.6. The van der Waals surface area contributed by atoms with Crippen LogP contribution in [0.3, 0.4) is 0 Å². The van der Waals surface area contributed by atoms with Crippen molar-refractivity contribution in [2.24, 2.45) is 5.73 Å². The van der Waals surface area contributed by atoms with Gasteiger partial charge in [-0.15, -0.1) is 0 Å². The van der Waals surface area contributed by atoms with Gasteiger partial charge in [0.15, 0.2) is 17.6 Å². The first-order valence-corrected chi connectivity index (χ1v) is 6.38. The largest absolute Gasteiger partial charge is 0.485 e. The molecule has 20 heavy (non-hydrogen) atoms. The van der Waals surface area contributed by atoms with Crippen LogP contribution in [0.4, 0.5) is 0 Å². The van der Waals surface area contributed by atoms with Crippen LogP contribution in [-0.4, -0.2) is 28.4 Å². The SMILES string of the molecule is NCC[C@H](O)c1nc(C2COc3ccccc3O2)no1. The van der Waals surface area contributed by atoms with Crippen LogP contribution in [0, 0.1) is 0 Å². The number of rotatable bonds is 4. The molecule has 3 rings (SSSR count). The average Bonchev–Trinajstić information content (AvgIpc) is 2.97. The fraction of sp³-hybridized carbons (Fsp3) is 0.385. The van der Waals surface area contributed by atoms with E-state index in [-0.39, 0.29) is 5.89 Å². The van der Waals surface area contributed by atoms with Crippen LogP contribution >= 0.6 is 0 Å². The first-order valence-electron chi connectivity index (χ1n) is 6.38. The van der Waals surface area contributed by atoms with E-state index in [1.165, 1.54) is 0 Å². The van der Waals surface area contributed by atoms with Gasteiger partial charge in [0.25, 0.3) is 5.89 Å². The average molecular weight is 277 g/mol. The lowest BCUT2D eigenvalue weighted by molar-refractivity contribution is 0.0831. The second-order valence-corrected chi connectivity index (χ2v) is 4.45. The third-order valence-electron chi connectivity index (χ3n) is 2.98. The molecular formula is C13H15N3O4. The highest BCUT2D eigenvalue weighted by molar-refractivity contribution is 5.40. The molecule has 3 N–H and O–H groups in total. The molecule has 0 spiro atoms. The van der Waals surface area contributed by atoms with Crippen molar-refractivity contribution in [2.75, 3.05) is 13.2 Å². The molecule has 0 radical (unpaired) electrons. The molecule has 1 aromatic carbocycles. The van der Waals surface area contributed by atoms with Gasteiger partial charge in [-0.3, -0.25) is 0 Å². The molecule has 0 fully saturated rings. The van der Waals surface area contributed by atoms with Crippen LogP contribution in [0.5, 0.6) is 11.5 Å². The molecule has 7 nitrogen and oxygen atoms in total. The predicted molar refractivity (Wildman–Crippen MR) is 68.2 cm³/mol. The van der Waals surface area contributed by atoms with Gasteiger partial charge in [0.05, 0.1) is 0 Å². The number of hydrogen-bond donors (Lipinski definition) is 2. The summed E-state index contributed by atoms with van der Waals surface area (Å²) in [6.45, 7) is 0.637. The summed E-state index contributed by atoms with van der Waals surface area (Å²) in [7, 11) is 0. The van der Waals surface area contributed by atoms with Crippen molar-refractivity contribution in [3.8, 4) is 11.5 Å². The van der Waals surface area contributed by atoms with Gasteiger partial charge in [-0.25, -0.2) is 0 Å². The summed E-state index contributed by atoms with van der Waals surface area (Å²) in [6.07, 6.45) is -0.933. The van der Waals surface area contributed by atoms with Crippen molar-refractivity contribution in [3.63, 3.8) is 0 Å². The number of para-hydroxylation sites is 2. The summed E-state index contributed by atoms with van der Waals surface area (Å²) in [6, 6.07) is 7.37. The summed E-state index contributed by atoms with van der Waals surface area (Å²) >= 11 is 0. The topological polar surface area (TPSA) is 104 Å². The zero-order chi connectivity index (χ0) is 13.9. The Balaban J connectivity index is 1.75. The lowest BCUT2D eigenvalue weighted by atomic mass is 10.2. The highest BCUT2D eigenvalue weighted by Gasteiger charge is 2.27. The normalized spacial score (nSPS) is 18.8. The molecule has 1 aliphatic heterocycles. The number of nitrogens with two attached hydrogens (primary N) is 1. The molecule has 7 heteroatoms. The minimum atomic E-state index is -0.849. The van der Waals surface area contributed by atoms with E-state index in [9.17, 15) is 5.11 Å². The predicted octanol–water partition coefficient (Wildman–Crippen LogP) is 0.964. The molecule has 0 aliphatic carbocycles. The van der Waals surface area contributed by atoms with E-state index in [0.29, 0.717) is 36.9 Å². The molecule has 0 amide bonds. The molecule has 0 saturated carbocycles. The van der Waals surface area contributed by atoms with E-state index in [2.05, 4.69) is 10.1 Å². The number of aliphatic hydroxyl groups is 1. The third kappa shape index (κ3) is 2.45. The molecular weight excluding hydrogens is 262 g/mol. The third-order valence-corrected chi connectivity index (χ3v) is 2.98. The lowest BCUT2D eigenvalue weighted by Crippen LogP contribution is -2.22. The van der Waals surface area contributed by atoms with Crippen LogP contribution in [0.15, 0.2) is 28.8 Å². The van der Waals surface area contributed by atoms with E-state index in [1.807, 2.05) is 24.3 Å². The molecule has 1 aromatic heterocycles. The van der Waals surface area contributed by atoms with E-state index >= 15 is 0 Å². The van der Waals surface area contributed by atoms with Gasteiger partial charge in [-0.2, -0.15) is 4.98 Å². The van der Waals surface area contributed by atoms with Crippen molar-refractivity contribution in [1.29, 1.82) is 0 Å². The molecule has 2 heterocycles. The molecule has 106 valence electrons. The molecule has 2 aromatic rings. The number of hydrogen-bond acceptors (Lipinski definition) is 7. The monoisotopic (exact) mass is 277 g/mol. The van der Waals surface area contributed by atoms with Gasteiger partial charge in [-0.05, 0) is 25.1 Å².